The number of hydrogen-bond acceptors (Lipinski definition) is 1. The molecular weight excluding hydrogens is 412 g/mol. The summed E-state index contributed by atoms with van der Waals surface area (Å²) >= 11 is 0. The zero-order valence-corrected chi connectivity index (χ0v) is 19.0. The Kier molecular flexibility index (Phi) is 6.82. The van der Waals surface area contributed by atoms with E-state index in [1.165, 1.54) is 28.2 Å². The zero-order valence-electron chi connectivity index (χ0n) is 19.0. The van der Waals surface area contributed by atoms with Crippen LogP contribution in [0.15, 0.2) is 146 Å². The molecule has 1 nitrogen and oxygen atoms in total. The fourth-order valence-electron chi connectivity index (χ4n) is 4.42. The van der Waals surface area contributed by atoms with Crippen LogP contribution in [0.4, 0.5) is 0 Å². The number of rotatable bonds is 8. The molecule has 0 saturated carbocycles. The molecule has 34 heavy (non-hydrogen) atoms. The minimum absolute atomic E-state index is 0.146. The summed E-state index contributed by atoms with van der Waals surface area (Å²) in [5, 5.41) is 0. The second-order valence-corrected chi connectivity index (χ2v) is 8.29. The largest absolute Gasteiger partial charge is 0.492 e. The van der Waals surface area contributed by atoms with Crippen LogP contribution in [0, 0.1) is 5.92 Å². The third-order valence-corrected chi connectivity index (χ3v) is 6.09. The summed E-state index contributed by atoms with van der Waals surface area (Å²) in [4.78, 5) is 0. The Morgan fingerprint density at radius 3 is 1.38 bits per heavy atom. The van der Waals surface area contributed by atoms with Gasteiger partial charge in [0.05, 0.1) is 12.5 Å². The Labute approximate surface area is 202 Å². The molecule has 0 aliphatic heterocycles. The third-order valence-electron chi connectivity index (χ3n) is 6.09. The fourth-order valence-corrected chi connectivity index (χ4v) is 4.42. The van der Waals surface area contributed by atoms with E-state index in [1.807, 2.05) is 6.07 Å². The maximum absolute atomic E-state index is 6.61. The summed E-state index contributed by atoms with van der Waals surface area (Å²) in [6, 6.07) is 50.7. The lowest BCUT2D eigenvalue weighted by Gasteiger charge is -2.23. The Morgan fingerprint density at radius 2 is 0.882 bits per heavy atom. The summed E-state index contributed by atoms with van der Waals surface area (Å²) < 4.78 is 6.61. The molecule has 0 unspecified atom stereocenters. The van der Waals surface area contributed by atoms with Crippen LogP contribution >= 0.6 is 0 Å². The van der Waals surface area contributed by atoms with Crippen molar-refractivity contribution in [2.24, 2.45) is 0 Å². The standard InChI is InChI=1S/C33H27O/c1-5-15-26(16-6-1)31(27-17-7-2-8-18-27)25-34-32-24-14-13-23-30(32)33(28-19-9-3-10-20-28)29-21-11-4-12-22-29/h1-24,31H,25H2. The highest BCUT2D eigenvalue weighted by Crippen LogP contribution is 2.37. The SMILES string of the molecule is c1ccc([C](c2ccccc2)c2ccccc2OCC(c2ccccc2)c2ccccc2)cc1. The van der Waals surface area contributed by atoms with E-state index in [0.29, 0.717) is 6.61 Å². The number of benzene rings is 5. The van der Waals surface area contributed by atoms with Crippen LogP contribution in [0.1, 0.15) is 33.7 Å². The van der Waals surface area contributed by atoms with Crippen molar-refractivity contribution in [3.63, 3.8) is 0 Å². The fraction of sp³-hybridized carbons (Fsp3) is 0.0606. The van der Waals surface area contributed by atoms with Crippen LogP contribution in [-0.2, 0) is 0 Å². The summed E-state index contributed by atoms with van der Waals surface area (Å²) in [5.74, 6) is 2.21. The predicted molar refractivity (Wildman–Crippen MR) is 140 cm³/mol. The van der Waals surface area contributed by atoms with Crippen molar-refractivity contribution >= 4 is 0 Å². The molecule has 5 rings (SSSR count). The first-order valence-electron chi connectivity index (χ1n) is 11.7. The minimum Gasteiger partial charge on any atom is -0.492 e. The van der Waals surface area contributed by atoms with Crippen molar-refractivity contribution in [3.8, 4) is 5.75 Å². The molecule has 1 radical (unpaired) electrons. The van der Waals surface area contributed by atoms with Gasteiger partial charge in [-0.3, -0.25) is 0 Å². The monoisotopic (exact) mass is 439 g/mol. The maximum Gasteiger partial charge on any atom is 0.123 e. The summed E-state index contributed by atoms with van der Waals surface area (Å²) in [5.41, 5.74) is 5.95. The van der Waals surface area contributed by atoms with E-state index in [9.17, 15) is 0 Å². The van der Waals surface area contributed by atoms with Crippen LogP contribution < -0.4 is 4.74 Å². The number of para-hydroxylation sites is 1. The van der Waals surface area contributed by atoms with E-state index in [2.05, 4.69) is 140 Å². The van der Waals surface area contributed by atoms with Crippen LogP contribution in [0.2, 0.25) is 0 Å². The van der Waals surface area contributed by atoms with Gasteiger partial charge >= 0.3 is 0 Å². The first kappa shape index (κ1) is 21.7. The molecule has 0 spiro atoms. The van der Waals surface area contributed by atoms with Gasteiger partial charge in [0.15, 0.2) is 0 Å². The predicted octanol–water partition coefficient (Wildman–Crippen LogP) is 7.92. The summed E-state index contributed by atoms with van der Waals surface area (Å²) in [7, 11) is 0. The van der Waals surface area contributed by atoms with E-state index in [0.717, 1.165) is 11.3 Å². The first-order valence-corrected chi connectivity index (χ1v) is 11.7. The molecule has 0 atom stereocenters. The van der Waals surface area contributed by atoms with Crippen LogP contribution in [0.25, 0.3) is 0 Å². The second kappa shape index (κ2) is 10.7. The molecule has 0 amide bonds. The molecule has 0 N–H and O–H groups in total. The van der Waals surface area contributed by atoms with Crippen molar-refractivity contribution in [2.45, 2.75) is 5.92 Å². The highest BCUT2D eigenvalue weighted by Gasteiger charge is 2.22. The van der Waals surface area contributed by atoms with Gasteiger partial charge in [-0.25, -0.2) is 0 Å². The highest BCUT2D eigenvalue weighted by molar-refractivity contribution is 5.61. The van der Waals surface area contributed by atoms with Crippen molar-refractivity contribution in [1.82, 2.24) is 0 Å². The minimum atomic E-state index is 0.146. The van der Waals surface area contributed by atoms with Crippen molar-refractivity contribution < 1.29 is 4.74 Å². The average Bonchev–Trinajstić information content (AvgIpc) is 2.92. The zero-order chi connectivity index (χ0) is 23.0. The summed E-state index contributed by atoms with van der Waals surface area (Å²) in [6.45, 7) is 0.557. The molecular formula is C33H27O. The lowest BCUT2D eigenvalue weighted by molar-refractivity contribution is 0.301. The van der Waals surface area contributed by atoms with Crippen molar-refractivity contribution in [1.29, 1.82) is 0 Å². The first-order chi connectivity index (χ1) is 16.9. The Hall–Kier alpha value is -4.10. The molecule has 0 aliphatic carbocycles. The van der Waals surface area contributed by atoms with Crippen molar-refractivity contribution in [2.75, 3.05) is 6.61 Å². The molecule has 5 aromatic rings. The highest BCUT2D eigenvalue weighted by atomic mass is 16.5. The molecule has 5 aromatic carbocycles. The lowest BCUT2D eigenvalue weighted by Crippen LogP contribution is -2.14. The summed E-state index contributed by atoms with van der Waals surface area (Å²) in [6.07, 6.45) is 0. The maximum atomic E-state index is 6.61. The van der Waals surface area contributed by atoms with Gasteiger partial charge in [-0.15, -0.1) is 0 Å². The van der Waals surface area contributed by atoms with Gasteiger partial charge in [-0.05, 0) is 28.3 Å². The van der Waals surface area contributed by atoms with E-state index < -0.39 is 0 Å². The Bertz CT molecular complexity index is 1200. The Morgan fingerprint density at radius 1 is 0.471 bits per heavy atom. The lowest BCUT2D eigenvalue weighted by atomic mass is 9.84. The van der Waals surface area contributed by atoms with Gasteiger partial charge in [0.2, 0.25) is 0 Å². The van der Waals surface area contributed by atoms with E-state index in [4.69, 9.17) is 4.74 Å². The van der Waals surface area contributed by atoms with E-state index in [-0.39, 0.29) is 5.92 Å². The molecule has 165 valence electrons. The van der Waals surface area contributed by atoms with Gasteiger partial charge in [-0.1, -0.05) is 140 Å². The smallest absolute Gasteiger partial charge is 0.123 e. The molecule has 1 heteroatoms. The topological polar surface area (TPSA) is 9.23 Å². The van der Waals surface area contributed by atoms with Crippen LogP contribution in [0.3, 0.4) is 0 Å². The normalized spacial score (nSPS) is 11.0. The van der Waals surface area contributed by atoms with Gasteiger partial charge in [0.1, 0.15) is 5.75 Å². The van der Waals surface area contributed by atoms with E-state index in [1.54, 1.807) is 0 Å². The van der Waals surface area contributed by atoms with Gasteiger partial charge < -0.3 is 4.74 Å². The number of ether oxygens (including phenoxy) is 1. The molecule has 0 bridgehead atoms. The van der Waals surface area contributed by atoms with Gasteiger partial charge in [0, 0.05) is 11.5 Å². The molecule has 0 fully saturated rings. The Balaban J connectivity index is 1.51. The van der Waals surface area contributed by atoms with Crippen LogP contribution in [-0.4, -0.2) is 6.61 Å². The van der Waals surface area contributed by atoms with Gasteiger partial charge in [0.25, 0.3) is 0 Å². The molecule has 0 aromatic heterocycles. The molecule has 0 heterocycles. The quantitative estimate of drug-likeness (QED) is 0.223. The average molecular weight is 440 g/mol. The molecule has 0 aliphatic rings. The van der Waals surface area contributed by atoms with Crippen LogP contribution in [0.5, 0.6) is 5.75 Å². The van der Waals surface area contributed by atoms with Gasteiger partial charge in [-0.2, -0.15) is 0 Å². The number of hydrogen-bond donors (Lipinski definition) is 0. The van der Waals surface area contributed by atoms with E-state index >= 15 is 0 Å². The molecule has 0 saturated heterocycles. The second-order valence-electron chi connectivity index (χ2n) is 8.29. The van der Waals surface area contributed by atoms with Crippen molar-refractivity contribution in [3.05, 3.63) is 179 Å². The third kappa shape index (κ3) is 4.94.